The third-order valence-corrected chi connectivity index (χ3v) is 5.65. The summed E-state index contributed by atoms with van der Waals surface area (Å²) in [6.07, 6.45) is 3.29. The molecule has 2 aliphatic rings. The van der Waals surface area contributed by atoms with Crippen molar-refractivity contribution in [3.05, 3.63) is 34.4 Å². The highest BCUT2D eigenvalue weighted by atomic mass is 16.2. The van der Waals surface area contributed by atoms with E-state index < -0.39 is 0 Å². The lowest BCUT2D eigenvalue weighted by Gasteiger charge is -2.37. The van der Waals surface area contributed by atoms with Crippen molar-refractivity contribution in [1.82, 2.24) is 10.2 Å². The van der Waals surface area contributed by atoms with E-state index >= 15 is 0 Å². The minimum atomic E-state index is 0.352. The number of aryl methyl sites for hydroxylation is 3. The summed E-state index contributed by atoms with van der Waals surface area (Å²) in [7, 11) is 0. The van der Waals surface area contributed by atoms with E-state index in [2.05, 4.69) is 50.0 Å². The second kappa shape index (κ2) is 6.64. The molecule has 1 amide bonds. The van der Waals surface area contributed by atoms with Crippen LogP contribution in [0.2, 0.25) is 0 Å². The molecule has 1 aliphatic heterocycles. The summed E-state index contributed by atoms with van der Waals surface area (Å²) in [6, 6.07) is 5.11. The van der Waals surface area contributed by atoms with Crippen LogP contribution in [0, 0.1) is 32.6 Å². The van der Waals surface area contributed by atoms with Gasteiger partial charge in [-0.3, -0.25) is 4.79 Å². The Morgan fingerprint density at radius 1 is 1.13 bits per heavy atom. The largest absolute Gasteiger partial charge is 0.342 e. The van der Waals surface area contributed by atoms with Gasteiger partial charge in [0.25, 0.3) is 0 Å². The Labute approximate surface area is 140 Å². The summed E-state index contributed by atoms with van der Waals surface area (Å²) in [5.74, 6) is 1.28. The van der Waals surface area contributed by atoms with Crippen LogP contribution in [0.15, 0.2) is 12.1 Å². The maximum absolute atomic E-state index is 12.2. The van der Waals surface area contributed by atoms with Gasteiger partial charge in [0.2, 0.25) is 5.91 Å². The van der Waals surface area contributed by atoms with Gasteiger partial charge in [-0.25, -0.2) is 0 Å². The SMILES string of the molecule is Cc1cc(C)c(CNC2CCN(C(=O)C3CC3)CC2C)cc1C. The molecule has 0 bridgehead atoms. The molecule has 1 saturated heterocycles. The molecular formula is C20H30N2O. The van der Waals surface area contributed by atoms with Crippen LogP contribution in [0.3, 0.4) is 0 Å². The molecule has 1 aliphatic carbocycles. The Bertz CT molecular complexity index is 592. The van der Waals surface area contributed by atoms with Crippen LogP contribution in [0.25, 0.3) is 0 Å². The maximum atomic E-state index is 12.2. The molecule has 1 aromatic carbocycles. The molecule has 2 unspecified atom stereocenters. The van der Waals surface area contributed by atoms with Crippen LogP contribution in [-0.4, -0.2) is 29.9 Å². The highest BCUT2D eigenvalue weighted by Gasteiger charge is 2.36. The third-order valence-electron chi connectivity index (χ3n) is 5.65. The van der Waals surface area contributed by atoms with E-state index in [0.717, 1.165) is 38.9 Å². The first kappa shape index (κ1) is 16.5. The number of carbonyl (C=O) groups excluding carboxylic acids is 1. The highest BCUT2D eigenvalue weighted by molar-refractivity contribution is 5.81. The van der Waals surface area contributed by atoms with Crippen molar-refractivity contribution in [2.24, 2.45) is 11.8 Å². The van der Waals surface area contributed by atoms with Gasteiger partial charge >= 0.3 is 0 Å². The monoisotopic (exact) mass is 314 g/mol. The molecule has 1 aromatic rings. The first-order valence-corrected chi connectivity index (χ1v) is 9.04. The summed E-state index contributed by atoms with van der Waals surface area (Å²) < 4.78 is 0. The Kier molecular flexibility index (Phi) is 4.77. The normalized spacial score (nSPS) is 24.8. The number of carbonyl (C=O) groups is 1. The van der Waals surface area contributed by atoms with Crippen molar-refractivity contribution < 1.29 is 4.79 Å². The molecule has 2 atom stereocenters. The summed E-state index contributed by atoms with van der Waals surface area (Å²) in [4.78, 5) is 14.3. The standard InChI is InChI=1S/C20H30N2O/c1-13-9-15(3)18(10-14(13)2)11-21-19-7-8-22(12-16(19)4)20(23)17-5-6-17/h9-10,16-17,19,21H,5-8,11-12H2,1-4H3. The molecule has 126 valence electrons. The van der Waals surface area contributed by atoms with Gasteiger partial charge in [-0.05, 0) is 68.2 Å². The Morgan fingerprint density at radius 2 is 1.83 bits per heavy atom. The van der Waals surface area contributed by atoms with Gasteiger partial charge in [-0.2, -0.15) is 0 Å². The van der Waals surface area contributed by atoms with Gasteiger partial charge in [0.15, 0.2) is 0 Å². The molecule has 3 heteroatoms. The second-order valence-corrected chi connectivity index (χ2v) is 7.67. The van der Waals surface area contributed by atoms with Gasteiger partial charge in [-0.15, -0.1) is 0 Å². The molecule has 23 heavy (non-hydrogen) atoms. The predicted octanol–water partition coefficient (Wildman–Crippen LogP) is 3.35. The smallest absolute Gasteiger partial charge is 0.225 e. The van der Waals surface area contributed by atoms with E-state index in [0.29, 0.717) is 23.8 Å². The average molecular weight is 314 g/mol. The number of rotatable bonds is 4. The Balaban J connectivity index is 1.55. The number of amides is 1. The topological polar surface area (TPSA) is 32.3 Å². The highest BCUT2D eigenvalue weighted by Crippen LogP contribution is 2.32. The summed E-state index contributed by atoms with van der Waals surface area (Å²) in [5.41, 5.74) is 5.50. The fourth-order valence-electron chi connectivity index (χ4n) is 3.69. The maximum Gasteiger partial charge on any atom is 0.225 e. The van der Waals surface area contributed by atoms with Gasteiger partial charge in [-0.1, -0.05) is 19.1 Å². The van der Waals surface area contributed by atoms with Gasteiger partial charge in [0, 0.05) is 31.6 Å². The minimum Gasteiger partial charge on any atom is -0.342 e. The van der Waals surface area contributed by atoms with Crippen LogP contribution in [0.5, 0.6) is 0 Å². The Morgan fingerprint density at radius 3 is 2.48 bits per heavy atom. The molecule has 2 fully saturated rings. The molecule has 0 spiro atoms. The molecular weight excluding hydrogens is 284 g/mol. The van der Waals surface area contributed by atoms with Crippen molar-refractivity contribution >= 4 is 5.91 Å². The minimum absolute atomic E-state index is 0.352. The molecule has 3 nitrogen and oxygen atoms in total. The van der Waals surface area contributed by atoms with Gasteiger partial charge < -0.3 is 10.2 Å². The van der Waals surface area contributed by atoms with Crippen molar-refractivity contribution in [3.8, 4) is 0 Å². The molecule has 0 radical (unpaired) electrons. The number of hydrogen-bond acceptors (Lipinski definition) is 2. The number of hydrogen-bond donors (Lipinski definition) is 1. The summed E-state index contributed by atoms with van der Waals surface area (Å²) >= 11 is 0. The van der Waals surface area contributed by atoms with Crippen molar-refractivity contribution in [2.45, 2.75) is 59.5 Å². The Hall–Kier alpha value is -1.35. The van der Waals surface area contributed by atoms with E-state index in [1.54, 1.807) is 0 Å². The number of likely N-dealkylation sites (tertiary alicyclic amines) is 1. The molecule has 1 heterocycles. The van der Waals surface area contributed by atoms with Crippen LogP contribution in [0.4, 0.5) is 0 Å². The first-order chi connectivity index (χ1) is 11.0. The van der Waals surface area contributed by atoms with E-state index in [9.17, 15) is 4.79 Å². The fourth-order valence-corrected chi connectivity index (χ4v) is 3.69. The van der Waals surface area contributed by atoms with E-state index in [4.69, 9.17) is 0 Å². The van der Waals surface area contributed by atoms with Crippen molar-refractivity contribution in [1.29, 1.82) is 0 Å². The zero-order chi connectivity index (χ0) is 16.6. The van der Waals surface area contributed by atoms with E-state index in [1.807, 2.05) is 0 Å². The van der Waals surface area contributed by atoms with E-state index in [1.165, 1.54) is 22.3 Å². The zero-order valence-electron chi connectivity index (χ0n) is 15.0. The van der Waals surface area contributed by atoms with Crippen molar-refractivity contribution in [2.75, 3.05) is 13.1 Å². The van der Waals surface area contributed by atoms with Gasteiger partial charge in [0.05, 0.1) is 0 Å². The zero-order valence-corrected chi connectivity index (χ0v) is 15.0. The van der Waals surface area contributed by atoms with Crippen LogP contribution in [0.1, 0.15) is 48.4 Å². The average Bonchev–Trinajstić information content (AvgIpc) is 3.34. The molecule has 0 aromatic heterocycles. The summed E-state index contributed by atoms with van der Waals surface area (Å²) in [6.45, 7) is 11.6. The number of nitrogens with one attached hydrogen (secondary N) is 1. The third kappa shape index (κ3) is 3.77. The lowest BCUT2D eigenvalue weighted by molar-refractivity contribution is -0.134. The lowest BCUT2D eigenvalue weighted by Crippen LogP contribution is -2.50. The molecule has 1 saturated carbocycles. The summed E-state index contributed by atoms with van der Waals surface area (Å²) in [5, 5.41) is 3.74. The van der Waals surface area contributed by atoms with Gasteiger partial charge in [0.1, 0.15) is 0 Å². The second-order valence-electron chi connectivity index (χ2n) is 7.67. The molecule has 1 N–H and O–H groups in total. The lowest BCUT2D eigenvalue weighted by atomic mass is 9.92. The number of piperidine rings is 1. The first-order valence-electron chi connectivity index (χ1n) is 9.04. The quantitative estimate of drug-likeness (QED) is 0.924. The number of nitrogens with zero attached hydrogens (tertiary/aromatic N) is 1. The van der Waals surface area contributed by atoms with Crippen LogP contribution < -0.4 is 5.32 Å². The number of benzene rings is 1. The molecule has 3 rings (SSSR count). The van der Waals surface area contributed by atoms with Crippen molar-refractivity contribution in [3.63, 3.8) is 0 Å². The van der Waals surface area contributed by atoms with E-state index in [-0.39, 0.29) is 0 Å². The fraction of sp³-hybridized carbons (Fsp3) is 0.650. The predicted molar refractivity (Wildman–Crippen MR) is 94.4 cm³/mol. The van der Waals surface area contributed by atoms with Crippen LogP contribution in [-0.2, 0) is 11.3 Å². The van der Waals surface area contributed by atoms with Crippen LogP contribution >= 0.6 is 0 Å².